The number of carbonyl (C=O) groups excluding carboxylic acids is 2. The van der Waals surface area contributed by atoms with E-state index >= 15 is 0 Å². The summed E-state index contributed by atoms with van der Waals surface area (Å²) >= 11 is 0. The third-order valence-corrected chi connectivity index (χ3v) is 4.47. The van der Waals surface area contributed by atoms with E-state index in [1.54, 1.807) is 20.8 Å². The summed E-state index contributed by atoms with van der Waals surface area (Å²) in [6, 6.07) is 3.24. The third-order valence-electron chi connectivity index (χ3n) is 4.47. The summed E-state index contributed by atoms with van der Waals surface area (Å²) in [7, 11) is 0. The number of amides is 2. The molecule has 25 heavy (non-hydrogen) atoms. The topological polar surface area (TPSA) is 58.6 Å². The fourth-order valence-corrected chi connectivity index (χ4v) is 3.30. The van der Waals surface area contributed by atoms with Gasteiger partial charge in [-0.2, -0.15) is 13.2 Å². The minimum absolute atomic E-state index is 0.0894. The van der Waals surface area contributed by atoms with Crippen molar-refractivity contribution in [2.45, 2.75) is 44.4 Å². The SMILES string of the molecule is CC(C)(C)OC(=O)N1CC[C@@]2(C1)C(=O)Nc1cc(C(F)(F)F)ccc12. The molecular weight excluding hydrogens is 337 g/mol. The van der Waals surface area contributed by atoms with Gasteiger partial charge in [0.2, 0.25) is 5.91 Å². The molecule has 2 amide bonds. The van der Waals surface area contributed by atoms with Crippen molar-refractivity contribution in [3.63, 3.8) is 0 Å². The van der Waals surface area contributed by atoms with Gasteiger partial charge in [-0.15, -0.1) is 0 Å². The molecule has 2 aliphatic rings. The van der Waals surface area contributed by atoms with Gasteiger partial charge in [0.15, 0.2) is 0 Å². The zero-order valence-electron chi connectivity index (χ0n) is 14.2. The molecule has 0 aromatic heterocycles. The van der Waals surface area contributed by atoms with Crippen molar-refractivity contribution in [1.29, 1.82) is 0 Å². The molecule has 2 aliphatic heterocycles. The van der Waals surface area contributed by atoms with Crippen molar-refractivity contribution >= 4 is 17.7 Å². The number of ether oxygens (including phenoxy) is 1. The molecule has 1 aromatic rings. The minimum atomic E-state index is -4.48. The summed E-state index contributed by atoms with van der Waals surface area (Å²) < 4.78 is 43.9. The number of anilines is 1. The molecule has 1 aromatic carbocycles. The maximum Gasteiger partial charge on any atom is 0.416 e. The van der Waals surface area contributed by atoms with Crippen molar-refractivity contribution in [2.24, 2.45) is 0 Å². The smallest absolute Gasteiger partial charge is 0.416 e. The molecule has 1 atom stereocenters. The number of halogens is 3. The van der Waals surface area contributed by atoms with Crippen LogP contribution in [0.3, 0.4) is 0 Å². The molecule has 2 heterocycles. The lowest BCUT2D eigenvalue weighted by Gasteiger charge is -2.26. The molecule has 0 radical (unpaired) electrons. The largest absolute Gasteiger partial charge is 0.444 e. The second-order valence-electron chi connectivity index (χ2n) is 7.45. The highest BCUT2D eigenvalue weighted by Crippen LogP contribution is 2.46. The zero-order chi connectivity index (χ0) is 18.6. The van der Waals surface area contributed by atoms with Crippen molar-refractivity contribution in [3.8, 4) is 0 Å². The van der Waals surface area contributed by atoms with Crippen molar-refractivity contribution < 1.29 is 27.5 Å². The van der Waals surface area contributed by atoms with E-state index in [-0.39, 0.29) is 18.1 Å². The lowest BCUT2D eigenvalue weighted by atomic mass is 9.80. The van der Waals surface area contributed by atoms with Crippen LogP contribution in [0.5, 0.6) is 0 Å². The van der Waals surface area contributed by atoms with Gasteiger partial charge < -0.3 is 15.0 Å². The summed E-state index contributed by atoms with van der Waals surface area (Å²) in [5, 5.41) is 2.53. The van der Waals surface area contributed by atoms with Crippen molar-refractivity contribution in [3.05, 3.63) is 29.3 Å². The maximum atomic E-state index is 12.9. The number of carbonyl (C=O) groups is 2. The van der Waals surface area contributed by atoms with Crippen LogP contribution in [-0.2, 0) is 21.1 Å². The first-order valence-electron chi connectivity index (χ1n) is 7.93. The molecule has 1 saturated heterocycles. The van der Waals surface area contributed by atoms with Gasteiger partial charge in [0.05, 0.1) is 11.0 Å². The van der Waals surface area contributed by atoms with Crippen LogP contribution >= 0.6 is 0 Å². The number of fused-ring (bicyclic) bond motifs is 2. The first-order chi connectivity index (χ1) is 11.4. The first-order valence-corrected chi connectivity index (χ1v) is 7.93. The van der Waals surface area contributed by atoms with Crippen LogP contribution in [0.15, 0.2) is 18.2 Å². The quantitative estimate of drug-likeness (QED) is 0.774. The van der Waals surface area contributed by atoms with E-state index < -0.39 is 28.8 Å². The van der Waals surface area contributed by atoms with Crippen LogP contribution in [0.4, 0.5) is 23.7 Å². The Balaban J connectivity index is 1.88. The Morgan fingerprint density at radius 1 is 1.28 bits per heavy atom. The summed E-state index contributed by atoms with van der Waals surface area (Å²) in [5.74, 6) is -0.382. The summed E-state index contributed by atoms with van der Waals surface area (Å²) in [5.41, 5.74) is -1.84. The van der Waals surface area contributed by atoms with Crippen LogP contribution in [0.25, 0.3) is 0 Å². The van der Waals surface area contributed by atoms with E-state index in [9.17, 15) is 22.8 Å². The summed E-state index contributed by atoms with van der Waals surface area (Å²) in [4.78, 5) is 26.2. The molecule has 0 bridgehead atoms. The normalized spacial score (nSPS) is 23.0. The fourth-order valence-electron chi connectivity index (χ4n) is 3.30. The van der Waals surface area contributed by atoms with Crippen LogP contribution < -0.4 is 5.32 Å². The van der Waals surface area contributed by atoms with E-state index in [1.807, 2.05) is 0 Å². The molecule has 0 unspecified atom stereocenters. The Morgan fingerprint density at radius 2 is 1.96 bits per heavy atom. The van der Waals surface area contributed by atoms with Crippen molar-refractivity contribution in [2.75, 3.05) is 18.4 Å². The third kappa shape index (κ3) is 3.05. The maximum absolute atomic E-state index is 12.9. The molecule has 1 spiro atoms. The first kappa shape index (κ1) is 17.6. The molecule has 1 fully saturated rings. The van der Waals surface area contributed by atoms with Gasteiger partial charge in [0.25, 0.3) is 0 Å². The Kier molecular flexibility index (Phi) is 3.78. The van der Waals surface area contributed by atoms with Crippen LogP contribution in [-0.4, -0.2) is 35.6 Å². The van der Waals surface area contributed by atoms with Crippen LogP contribution in [0, 0.1) is 0 Å². The van der Waals surface area contributed by atoms with Crippen molar-refractivity contribution in [1.82, 2.24) is 4.90 Å². The minimum Gasteiger partial charge on any atom is -0.444 e. The second kappa shape index (κ2) is 5.37. The number of rotatable bonds is 0. The lowest BCUT2D eigenvalue weighted by Crippen LogP contribution is -2.41. The standard InChI is InChI=1S/C17H19F3N2O3/c1-15(2,3)25-14(24)22-7-6-16(9-22)11-5-4-10(17(18,19)20)8-12(11)21-13(16)23/h4-5,8H,6-7,9H2,1-3H3,(H,21,23)/t16-/m0/s1. The average Bonchev–Trinajstić information content (AvgIpc) is 3.01. The Hall–Kier alpha value is -2.25. The van der Waals surface area contributed by atoms with Gasteiger partial charge in [-0.1, -0.05) is 6.07 Å². The molecule has 3 rings (SSSR count). The number of nitrogens with one attached hydrogen (secondary N) is 1. The van der Waals surface area contributed by atoms with Gasteiger partial charge in [-0.25, -0.2) is 4.79 Å². The molecule has 1 N–H and O–H groups in total. The Bertz CT molecular complexity index is 740. The number of hydrogen-bond donors (Lipinski definition) is 1. The monoisotopic (exact) mass is 356 g/mol. The summed E-state index contributed by atoms with van der Waals surface area (Å²) in [6.07, 6.45) is -4.66. The second-order valence-corrected chi connectivity index (χ2v) is 7.45. The highest BCUT2D eigenvalue weighted by molar-refractivity contribution is 6.07. The average molecular weight is 356 g/mol. The highest BCUT2D eigenvalue weighted by Gasteiger charge is 2.53. The molecule has 0 saturated carbocycles. The fraction of sp³-hybridized carbons (Fsp3) is 0.529. The predicted octanol–water partition coefficient (Wildman–Crippen LogP) is 3.54. The molecule has 136 valence electrons. The number of likely N-dealkylation sites (tertiary alicyclic amines) is 1. The molecule has 5 nitrogen and oxygen atoms in total. The number of nitrogens with zero attached hydrogens (tertiary/aromatic N) is 1. The van der Waals surface area contributed by atoms with E-state index in [2.05, 4.69) is 5.32 Å². The van der Waals surface area contributed by atoms with Gasteiger partial charge in [-0.05, 0) is 44.9 Å². The number of benzene rings is 1. The molecular formula is C17H19F3N2O3. The Labute approximate surface area is 143 Å². The van der Waals surface area contributed by atoms with E-state index in [4.69, 9.17) is 4.74 Å². The molecule has 0 aliphatic carbocycles. The van der Waals surface area contributed by atoms with Crippen LogP contribution in [0.1, 0.15) is 38.3 Å². The van der Waals surface area contributed by atoms with Gasteiger partial charge >= 0.3 is 12.3 Å². The Morgan fingerprint density at radius 3 is 2.56 bits per heavy atom. The van der Waals surface area contributed by atoms with E-state index in [1.165, 1.54) is 11.0 Å². The lowest BCUT2D eigenvalue weighted by molar-refractivity contribution is -0.137. The zero-order valence-corrected chi connectivity index (χ0v) is 14.2. The van der Waals surface area contributed by atoms with Gasteiger partial charge in [0.1, 0.15) is 5.60 Å². The van der Waals surface area contributed by atoms with E-state index in [0.717, 1.165) is 12.1 Å². The predicted molar refractivity (Wildman–Crippen MR) is 84.2 cm³/mol. The van der Waals surface area contributed by atoms with Gasteiger partial charge in [0, 0.05) is 18.8 Å². The summed E-state index contributed by atoms with van der Waals surface area (Å²) in [6.45, 7) is 5.63. The highest BCUT2D eigenvalue weighted by atomic mass is 19.4. The molecule has 8 heteroatoms. The number of alkyl halides is 3. The van der Waals surface area contributed by atoms with E-state index in [0.29, 0.717) is 18.5 Å². The number of hydrogen-bond acceptors (Lipinski definition) is 3. The van der Waals surface area contributed by atoms with Gasteiger partial charge in [-0.3, -0.25) is 4.79 Å². The van der Waals surface area contributed by atoms with Crippen LogP contribution in [0.2, 0.25) is 0 Å².